The summed E-state index contributed by atoms with van der Waals surface area (Å²) in [5.41, 5.74) is 0.122. The first kappa shape index (κ1) is 30.8. The van der Waals surface area contributed by atoms with Crippen LogP contribution in [0.25, 0.3) is 10.8 Å². The Morgan fingerprint density at radius 2 is 1.77 bits per heavy atom. The molecule has 1 amide bonds. The average Bonchev–Trinajstić information content (AvgIpc) is 2.87. The van der Waals surface area contributed by atoms with Crippen LogP contribution in [0.2, 0.25) is 10.0 Å². The van der Waals surface area contributed by atoms with Gasteiger partial charge in [-0.15, -0.1) is 0 Å². The smallest absolute Gasteiger partial charge is 0.870 e. The van der Waals surface area contributed by atoms with Crippen LogP contribution < -0.4 is 44.7 Å². The van der Waals surface area contributed by atoms with Gasteiger partial charge in [-0.25, -0.2) is 0 Å². The molecule has 0 aromatic heterocycles. The van der Waals surface area contributed by atoms with Gasteiger partial charge in [-0.1, -0.05) is 66.2 Å². The van der Waals surface area contributed by atoms with Gasteiger partial charge in [0.15, 0.2) is 5.75 Å². The van der Waals surface area contributed by atoms with Crippen LogP contribution in [-0.4, -0.2) is 26.0 Å². The number of azo groups is 1. The summed E-state index contributed by atoms with van der Waals surface area (Å²) in [6, 6.07) is 15.5. The van der Waals surface area contributed by atoms with Crippen molar-refractivity contribution in [1.29, 1.82) is 0 Å². The first-order valence-corrected chi connectivity index (χ1v) is 13.3. The number of methoxy groups -OCH3 is 1. The van der Waals surface area contributed by atoms with Gasteiger partial charge in [-0.3, -0.25) is 9.35 Å². The zero-order valence-electron chi connectivity index (χ0n) is 21.0. The third-order valence-corrected chi connectivity index (χ3v) is 7.23. The van der Waals surface area contributed by atoms with Gasteiger partial charge in [0.25, 0.3) is 16.0 Å². The number of para-hydroxylation sites is 1. The summed E-state index contributed by atoms with van der Waals surface area (Å²) >= 11 is 12.4. The van der Waals surface area contributed by atoms with Crippen LogP contribution in [0.15, 0.2) is 75.8 Å². The van der Waals surface area contributed by atoms with Crippen molar-refractivity contribution in [3.05, 3.63) is 81.8 Å². The number of amides is 1. The predicted molar refractivity (Wildman–Crippen MR) is 144 cm³/mol. The summed E-state index contributed by atoms with van der Waals surface area (Å²) in [4.78, 5) is 12.8. The monoisotopic (exact) mass is 595 g/mol. The number of halogens is 2. The summed E-state index contributed by atoms with van der Waals surface area (Å²) in [5.74, 6) is -1.20. The van der Waals surface area contributed by atoms with Crippen molar-refractivity contribution >= 4 is 67.1 Å². The second-order valence-electron chi connectivity index (χ2n) is 8.03. The fourth-order valence-corrected chi connectivity index (χ4v) is 5.41. The van der Waals surface area contributed by atoms with E-state index in [4.69, 9.17) is 27.9 Å². The van der Waals surface area contributed by atoms with Crippen LogP contribution in [0.1, 0.15) is 22.8 Å². The molecule has 0 aliphatic rings. The molecule has 0 fully saturated rings. The second-order valence-corrected chi connectivity index (χ2v) is 10.2. The molecule has 0 unspecified atom stereocenters. The molecule has 4 aromatic carbocycles. The van der Waals surface area contributed by atoms with Gasteiger partial charge in [0.2, 0.25) is 0 Å². The first-order valence-electron chi connectivity index (χ1n) is 11.1. The predicted octanol–water partition coefficient (Wildman–Crippen LogP) is 3.71. The van der Waals surface area contributed by atoms with Crippen molar-refractivity contribution in [2.75, 3.05) is 12.4 Å². The SMILES string of the molecule is CCc1c(Cl)cc(N=Nc2c([O-])c(C(=O)Nc3cccc(Cl)c3OC)cc3ccccc23)cc1S(=O)(=O)O.[Na+]. The standard InChI is InChI=1S/C26H21Cl2N3O6S.Na/c1-3-16-20(28)12-15(13-22(16)38(34,35)36)30-31-23-17-8-5-4-7-14(17)11-18(24(23)32)26(33)29-21-10-6-9-19(27)25(21)37-2;/h4-13,32H,3H2,1-2H3,(H,29,33)(H,34,35,36);/q;+1/p-1. The molecule has 2 N–H and O–H groups in total. The van der Waals surface area contributed by atoms with Gasteiger partial charge < -0.3 is 15.2 Å². The van der Waals surface area contributed by atoms with E-state index in [-0.39, 0.29) is 80.0 Å². The van der Waals surface area contributed by atoms with Crippen molar-refractivity contribution in [2.24, 2.45) is 10.2 Å². The van der Waals surface area contributed by atoms with Gasteiger partial charge in [-0.2, -0.15) is 18.6 Å². The minimum Gasteiger partial charge on any atom is -0.870 e. The fourth-order valence-electron chi connectivity index (χ4n) is 3.92. The molecule has 0 heterocycles. The van der Waals surface area contributed by atoms with Crippen molar-refractivity contribution in [2.45, 2.75) is 18.2 Å². The zero-order chi connectivity index (χ0) is 27.6. The first-order chi connectivity index (χ1) is 18.0. The summed E-state index contributed by atoms with van der Waals surface area (Å²) < 4.78 is 38.6. The number of hydrogen-bond acceptors (Lipinski definition) is 7. The van der Waals surface area contributed by atoms with Gasteiger partial charge in [0, 0.05) is 16.0 Å². The molecule has 9 nitrogen and oxygen atoms in total. The topological polar surface area (TPSA) is 140 Å². The Bertz CT molecular complexity index is 1710. The molecule has 0 spiro atoms. The number of fused-ring (bicyclic) bond motifs is 1. The van der Waals surface area contributed by atoms with Crippen LogP contribution in [-0.2, 0) is 16.5 Å². The number of ether oxygens (including phenoxy) is 1. The molecule has 0 atom stereocenters. The minimum absolute atomic E-state index is 0. The third-order valence-electron chi connectivity index (χ3n) is 5.68. The molecule has 0 aliphatic carbocycles. The summed E-state index contributed by atoms with van der Waals surface area (Å²) in [5, 5.41) is 25.4. The fraction of sp³-hybridized carbons (Fsp3) is 0.115. The molecule has 0 aliphatic heterocycles. The Morgan fingerprint density at radius 3 is 2.44 bits per heavy atom. The largest absolute Gasteiger partial charge is 1.00 e. The summed E-state index contributed by atoms with van der Waals surface area (Å²) in [6.45, 7) is 1.68. The van der Waals surface area contributed by atoms with Crippen LogP contribution in [0.5, 0.6) is 11.5 Å². The number of anilines is 1. The van der Waals surface area contributed by atoms with Crippen molar-refractivity contribution in [3.63, 3.8) is 0 Å². The van der Waals surface area contributed by atoms with E-state index in [2.05, 4.69) is 15.5 Å². The number of carbonyl (C=O) groups is 1. The maximum absolute atomic E-state index is 13.4. The molecular weight excluding hydrogens is 576 g/mol. The van der Waals surface area contributed by atoms with Crippen LogP contribution in [0, 0.1) is 0 Å². The van der Waals surface area contributed by atoms with Crippen LogP contribution in [0.4, 0.5) is 17.1 Å². The van der Waals surface area contributed by atoms with E-state index in [1.807, 2.05) is 0 Å². The van der Waals surface area contributed by atoms with E-state index in [1.165, 1.54) is 19.2 Å². The number of rotatable bonds is 7. The molecule has 0 radical (unpaired) electrons. The van der Waals surface area contributed by atoms with Crippen molar-refractivity contribution in [1.82, 2.24) is 0 Å². The summed E-state index contributed by atoms with van der Waals surface area (Å²) in [6.07, 6.45) is 0.245. The Balaban J connectivity index is 0.00000420. The molecule has 13 heteroatoms. The van der Waals surface area contributed by atoms with E-state index < -0.39 is 26.7 Å². The molecule has 39 heavy (non-hydrogen) atoms. The van der Waals surface area contributed by atoms with Crippen LogP contribution >= 0.6 is 23.2 Å². The number of carbonyl (C=O) groups excluding carboxylic acids is 1. The number of nitrogens with one attached hydrogen (secondary N) is 1. The molecule has 0 bridgehead atoms. The Morgan fingerprint density at radius 1 is 1.05 bits per heavy atom. The number of nitrogens with zero attached hydrogens (tertiary/aromatic N) is 2. The maximum Gasteiger partial charge on any atom is 1.00 e. The minimum atomic E-state index is -4.59. The molecule has 0 saturated carbocycles. The molecular formula is C26H20Cl2N3NaO6S. The molecule has 4 aromatic rings. The van der Waals surface area contributed by atoms with E-state index >= 15 is 0 Å². The maximum atomic E-state index is 13.4. The van der Waals surface area contributed by atoms with E-state index in [9.17, 15) is 22.9 Å². The van der Waals surface area contributed by atoms with Crippen LogP contribution in [0.3, 0.4) is 0 Å². The molecule has 0 saturated heterocycles. The van der Waals surface area contributed by atoms with Gasteiger partial charge >= 0.3 is 29.6 Å². The average molecular weight is 596 g/mol. The normalized spacial score (nSPS) is 11.4. The molecule has 4 rings (SSSR count). The number of hydrogen-bond donors (Lipinski definition) is 2. The number of benzene rings is 4. The van der Waals surface area contributed by atoms with E-state index in [1.54, 1.807) is 49.4 Å². The van der Waals surface area contributed by atoms with Crippen molar-refractivity contribution < 1.29 is 57.2 Å². The Hall–Kier alpha value is -2.70. The zero-order valence-corrected chi connectivity index (χ0v) is 25.4. The van der Waals surface area contributed by atoms with Gasteiger partial charge in [0.05, 0.1) is 29.2 Å². The van der Waals surface area contributed by atoms with Crippen molar-refractivity contribution in [3.8, 4) is 11.5 Å². The van der Waals surface area contributed by atoms with Gasteiger partial charge in [-0.05, 0) is 47.7 Å². The third kappa shape index (κ3) is 6.55. The summed E-state index contributed by atoms with van der Waals surface area (Å²) in [7, 11) is -3.19. The second kappa shape index (κ2) is 12.6. The van der Waals surface area contributed by atoms with E-state index in [0.717, 1.165) is 6.07 Å². The van der Waals surface area contributed by atoms with Gasteiger partial charge in [0.1, 0.15) is 4.90 Å². The Labute approximate surface area is 256 Å². The van der Waals surface area contributed by atoms with E-state index in [0.29, 0.717) is 10.8 Å². The molecule has 196 valence electrons. The quantitative estimate of drug-likeness (QED) is 0.189. The Kier molecular flexibility index (Phi) is 10.0.